The van der Waals surface area contributed by atoms with Gasteiger partial charge in [-0.25, -0.2) is 0 Å². The Hall–Kier alpha value is -1.82. The average molecular weight is 289 g/mol. The molecule has 2 rings (SSSR count). The number of hydrogen-bond donors (Lipinski definition) is 0. The van der Waals surface area contributed by atoms with Crippen molar-refractivity contribution in [2.75, 3.05) is 7.11 Å². The van der Waals surface area contributed by atoms with Crippen molar-refractivity contribution < 1.29 is 17.9 Å². The zero-order chi connectivity index (χ0) is 14.0. The van der Waals surface area contributed by atoms with Crippen LogP contribution >= 0.6 is 11.6 Å². The molecular formula is C12H8ClF3N2O. The molecule has 0 amide bonds. The smallest absolute Gasteiger partial charge is 0.419 e. The molecule has 0 fully saturated rings. The van der Waals surface area contributed by atoms with Crippen LogP contribution in [0, 0.1) is 0 Å². The van der Waals surface area contributed by atoms with Crippen molar-refractivity contribution in [3.63, 3.8) is 0 Å². The highest BCUT2D eigenvalue weighted by atomic mass is 35.5. The van der Waals surface area contributed by atoms with E-state index in [9.17, 15) is 13.2 Å². The Morgan fingerprint density at radius 3 is 2.26 bits per heavy atom. The van der Waals surface area contributed by atoms with Gasteiger partial charge in [0.05, 0.1) is 18.4 Å². The van der Waals surface area contributed by atoms with Gasteiger partial charge >= 0.3 is 6.18 Å². The first kappa shape index (κ1) is 13.6. The van der Waals surface area contributed by atoms with Gasteiger partial charge in [-0.1, -0.05) is 11.6 Å². The normalized spacial score (nSPS) is 11.4. The number of rotatable bonds is 2. The maximum absolute atomic E-state index is 12.7. The van der Waals surface area contributed by atoms with Crippen molar-refractivity contribution >= 4 is 11.6 Å². The number of methoxy groups -OCH3 is 1. The fourth-order valence-corrected chi connectivity index (χ4v) is 1.68. The number of benzene rings is 1. The number of hydrogen-bond acceptors (Lipinski definition) is 3. The molecular weight excluding hydrogens is 281 g/mol. The van der Waals surface area contributed by atoms with E-state index in [4.69, 9.17) is 16.3 Å². The Labute approximate surface area is 112 Å². The van der Waals surface area contributed by atoms with Gasteiger partial charge in [-0.15, -0.1) is 10.2 Å². The molecule has 0 saturated carbocycles. The van der Waals surface area contributed by atoms with Gasteiger partial charge in [-0.05, 0) is 30.3 Å². The number of alkyl halides is 3. The standard InChI is InChI=1S/C12H8ClF3N2O/c1-19-8-4-2-7(3-5-8)10-6-9(12(14,15)16)11(13)18-17-10/h2-6H,1H3. The molecule has 3 nitrogen and oxygen atoms in total. The molecule has 1 aromatic carbocycles. The van der Waals surface area contributed by atoms with Crippen LogP contribution in [-0.2, 0) is 6.18 Å². The van der Waals surface area contributed by atoms with Gasteiger partial charge in [-0.2, -0.15) is 13.2 Å². The maximum atomic E-state index is 12.7. The molecule has 0 saturated heterocycles. The Bertz CT molecular complexity index is 585. The Kier molecular flexibility index (Phi) is 3.61. The highest BCUT2D eigenvalue weighted by Gasteiger charge is 2.34. The molecule has 0 N–H and O–H groups in total. The van der Waals surface area contributed by atoms with E-state index in [0.717, 1.165) is 6.07 Å². The summed E-state index contributed by atoms with van der Waals surface area (Å²) in [6.07, 6.45) is -4.56. The number of ether oxygens (including phenoxy) is 1. The van der Waals surface area contributed by atoms with Gasteiger partial charge in [0.15, 0.2) is 5.15 Å². The minimum absolute atomic E-state index is 0.0966. The van der Waals surface area contributed by atoms with Crippen molar-refractivity contribution in [2.45, 2.75) is 6.18 Å². The second kappa shape index (κ2) is 5.05. The van der Waals surface area contributed by atoms with Crippen LogP contribution in [0.15, 0.2) is 30.3 Å². The molecule has 1 aromatic heterocycles. The molecule has 0 unspecified atom stereocenters. The molecule has 0 radical (unpaired) electrons. The molecule has 0 aliphatic carbocycles. The molecule has 100 valence electrons. The number of halogens is 4. The van der Waals surface area contributed by atoms with Gasteiger partial charge in [0.2, 0.25) is 0 Å². The molecule has 0 spiro atoms. The highest BCUT2D eigenvalue weighted by Crippen LogP contribution is 2.35. The molecule has 0 aliphatic heterocycles. The second-order valence-corrected chi connectivity index (χ2v) is 4.02. The van der Waals surface area contributed by atoms with Crippen LogP contribution in [0.3, 0.4) is 0 Å². The summed E-state index contributed by atoms with van der Waals surface area (Å²) in [5.74, 6) is 0.599. The van der Waals surface area contributed by atoms with Crippen molar-refractivity contribution in [1.29, 1.82) is 0 Å². The first-order valence-corrected chi connectivity index (χ1v) is 5.54. The fourth-order valence-electron chi connectivity index (χ4n) is 1.48. The first-order valence-electron chi connectivity index (χ1n) is 5.16. The minimum atomic E-state index is -4.56. The van der Waals surface area contributed by atoms with Crippen LogP contribution in [0.4, 0.5) is 13.2 Å². The van der Waals surface area contributed by atoms with Crippen molar-refractivity contribution in [1.82, 2.24) is 10.2 Å². The van der Waals surface area contributed by atoms with E-state index in [1.165, 1.54) is 7.11 Å². The molecule has 19 heavy (non-hydrogen) atoms. The monoisotopic (exact) mass is 288 g/mol. The van der Waals surface area contributed by atoms with E-state index in [1.807, 2.05) is 0 Å². The van der Waals surface area contributed by atoms with Crippen LogP contribution in [0.25, 0.3) is 11.3 Å². The quantitative estimate of drug-likeness (QED) is 0.842. The summed E-state index contributed by atoms with van der Waals surface area (Å²) in [6.45, 7) is 0. The van der Waals surface area contributed by atoms with E-state index in [1.54, 1.807) is 24.3 Å². The Morgan fingerprint density at radius 2 is 1.74 bits per heavy atom. The lowest BCUT2D eigenvalue weighted by atomic mass is 10.1. The van der Waals surface area contributed by atoms with Crippen molar-refractivity contribution in [3.8, 4) is 17.0 Å². The lowest BCUT2D eigenvalue weighted by Crippen LogP contribution is -2.08. The van der Waals surface area contributed by atoms with Gasteiger partial charge in [0, 0.05) is 5.56 Å². The average Bonchev–Trinajstić information content (AvgIpc) is 2.38. The lowest BCUT2D eigenvalue weighted by Gasteiger charge is -2.09. The first-order chi connectivity index (χ1) is 8.91. The molecule has 1 heterocycles. The van der Waals surface area contributed by atoms with Crippen molar-refractivity contribution in [3.05, 3.63) is 41.0 Å². The summed E-state index contributed by atoms with van der Waals surface area (Å²) in [5.41, 5.74) is -0.412. The SMILES string of the molecule is COc1ccc(-c2cc(C(F)(F)F)c(Cl)nn2)cc1. The molecule has 0 atom stereocenters. The molecule has 0 bridgehead atoms. The van der Waals surface area contributed by atoms with Crippen LogP contribution in [-0.4, -0.2) is 17.3 Å². The minimum Gasteiger partial charge on any atom is -0.497 e. The van der Waals surface area contributed by atoms with E-state index in [0.29, 0.717) is 11.3 Å². The maximum Gasteiger partial charge on any atom is 0.419 e. The summed E-state index contributed by atoms with van der Waals surface area (Å²) >= 11 is 5.40. The van der Waals surface area contributed by atoms with Crippen LogP contribution < -0.4 is 4.74 Å². The fraction of sp³-hybridized carbons (Fsp3) is 0.167. The molecule has 0 aliphatic rings. The van der Waals surface area contributed by atoms with Crippen molar-refractivity contribution in [2.24, 2.45) is 0 Å². The highest BCUT2D eigenvalue weighted by molar-refractivity contribution is 6.30. The predicted octanol–water partition coefficient (Wildman–Crippen LogP) is 3.82. The third kappa shape index (κ3) is 2.96. The van der Waals surface area contributed by atoms with Gasteiger partial charge in [-0.3, -0.25) is 0 Å². The van der Waals surface area contributed by atoms with E-state index in [2.05, 4.69) is 10.2 Å². The van der Waals surface area contributed by atoms with E-state index in [-0.39, 0.29) is 5.69 Å². The van der Waals surface area contributed by atoms with Crippen LogP contribution in [0.1, 0.15) is 5.56 Å². The van der Waals surface area contributed by atoms with Crippen LogP contribution in [0.2, 0.25) is 5.15 Å². The summed E-state index contributed by atoms with van der Waals surface area (Å²) in [5, 5.41) is 6.32. The van der Waals surface area contributed by atoms with E-state index >= 15 is 0 Å². The third-order valence-corrected chi connectivity index (χ3v) is 2.72. The third-order valence-electron chi connectivity index (χ3n) is 2.44. The number of aromatic nitrogens is 2. The van der Waals surface area contributed by atoms with Gasteiger partial charge in [0.25, 0.3) is 0 Å². The molecule has 7 heteroatoms. The van der Waals surface area contributed by atoms with Crippen LogP contribution in [0.5, 0.6) is 5.75 Å². The predicted molar refractivity (Wildman–Crippen MR) is 64.0 cm³/mol. The van der Waals surface area contributed by atoms with E-state index < -0.39 is 16.9 Å². The summed E-state index contributed by atoms with van der Waals surface area (Å²) in [4.78, 5) is 0. The Balaban J connectivity index is 2.45. The zero-order valence-corrected chi connectivity index (χ0v) is 10.5. The summed E-state index contributed by atoms with van der Waals surface area (Å²) in [6, 6.07) is 7.31. The topological polar surface area (TPSA) is 35.0 Å². The second-order valence-electron chi connectivity index (χ2n) is 3.66. The Morgan fingerprint density at radius 1 is 1.11 bits per heavy atom. The summed E-state index contributed by atoms with van der Waals surface area (Å²) in [7, 11) is 1.50. The summed E-state index contributed by atoms with van der Waals surface area (Å²) < 4.78 is 43.0. The zero-order valence-electron chi connectivity index (χ0n) is 9.70. The number of nitrogens with zero attached hydrogens (tertiary/aromatic N) is 2. The lowest BCUT2D eigenvalue weighted by molar-refractivity contribution is -0.137. The molecule has 2 aromatic rings. The van der Waals surface area contributed by atoms with Gasteiger partial charge < -0.3 is 4.74 Å². The largest absolute Gasteiger partial charge is 0.497 e. The van der Waals surface area contributed by atoms with Gasteiger partial charge in [0.1, 0.15) is 5.75 Å².